The topological polar surface area (TPSA) is 109 Å². The SMILES string of the molecule is CC(Sc1cccc(NC(=O)c2ccco2)c1)C(=O)Nc1cccc(C(=O)O)c1. The fraction of sp³-hybridized carbons (Fsp3) is 0.0952. The van der Waals surface area contributed by atoms with Gasteiger partial charge in [0, 0.05) is 16.3 Å². The average molecular weight is 410 g/mol. The molecule has 0 saturated carbocycles. The number of amides is 2. The van der Waals surface area contributed by atoms with E-state index < -0.39 is 11.2 Å². The molecule has 1 unspecified atom stereocenters. The Labute approximate surface area is 171 Å². The number of nitrogens with one attached hydrogen (secondary N) is 2. The molecule has 0 fully saturated rings. The van der Waals surface area contributed by atoms with E-state index in [2.05, 4.69) is 10.6 Å². The first-order chi connectivity index (χ1) is 13.9. The van der Waals surface area contributed by atoms with Crippen LogP contribution in [0, 0.1) is 0 Å². The Morgan fingerprint density at radius 3 is 2.38 bits per heavy atom. The summed E-state index contributed by atoms with van der Waals surface area (Å²) in [5.41, 5.74) is 1.10. The van der Waals surface area contributed by atoms with Crippen LogP contribution in [0.2, 0.25) is 0 Å². The number of benzene rings is 2. The van der Waals surface area contributed by atoms with E-state index in [-0.39, 0.29) is 23.1 Å². The maximum Gasteiger partial charge on any atom is 0.335 e. The van der Waals surface area contributed by atoms with E-state index in [9.17, 15) is 14.4 Å². The summed E-state index contributed by atoms with van der Waals surface area (Å²) in [7, 11) is 0. The second kappa shape index (κ2) is 9.11. The number of rotatable bonds is 7. The predicted molar refractivity (Wildman–Crippen MR) is 110 cm³/mol. The van der Waals surface area contributed by atoms with Crippen LogP contribution in [0.5, 0.6) is 0 Å². The van der Waals surface area contributed by atoms with Crippen molar-refractivity contribution in [3.8, 4) is 0 Å². The Hall–Kier alpha value is -3.52. The van der Waals surface area contributed by atoms with Gasteiger partial charge in [-0.2, -0.15) is 0 Å². The molecule has 3 aromatic rings. The average Bonchev–Trinajstić information content (AvgIpc) is 3.23. The molecule has 1 atom stereocenters. The highest BCUT2D eigenvalue weighted by atomic mass is 32.2. The molecule has 3 rings (SSSR count). The lowest BCUT2D eigenvalue weighted by atomic mass is 10.2. The smallest absolute Gasteiger partial charge is 0.335 e. The monoisotopic (exact) mass is 410 g/mol. The molecule has 1 heterocycles. The van der Waals surface area contributed by atoms with Crippen LogP contribution in [0.25, 0.3) is 0 Å². The van der Waals surface area contributed by atoms with Crippen molar-refractivity contribution in [1.82, 2.24) is 0 Å². The molecule has 0 bridgehead atoms. The third-order valence-corrected chi connectivity index (χ3v) is 4.99. The van der Waals surface area contributed by atoms with Crippen molar-refractivity contribution in [3.05, 3.63) is 78.3 Å². The van der Waals surface area contributed by atoms with Gasteiger partial charge in [0.2, 0.25) is 5.91 Å². The Kier molecular flexibility index (Phi) is 6.36. The first-order valence-electron chi connectivity index (χ1n) is 8.68. The molecule has 0 aliphatic heterocycles. The van der Waals surface area contributed by atoms with E-state index in [0.717, 1.165) is 4.90 Å². The summed E-state index contributed by atoms with van der Waals surface area (Å²) >= 11 is 1.32. The Morgan fingerprint density at radius 1 is 0.966 bits per heavy atom. The molecule has 29 heavy (non-hydrogen) atoms. The van der Waals surface area contributed by atoms with Crippen molar-refractivity contribution in [3.63, 3.8) is 0 Å². The van der Waals surface area contributed by atoms with Crippen LogP contribution in [0.15, 0.2) is 76.2 Å². The van der Waals surface area contributed by atoms with Gasteiger partial charge in [-0.05, 0) is 55.5 Å². The zero-order valence-corrected chi connectivity index (χ0v) is 16.2. The number of carbonyl (C=O) groups excluding carboxylic acids is 2. The fourth-order valence-electron chi connectivity index (χ4n) is 2.48. The highest BCUT2D eigenvalue weighted by molar-refractivity contribution is 8.00. The standard InChI is InChI=1S/C21H18N2O5S/c1-13(19(24)22-15-6-2-5-14(11-15)21(26)27)29-17-8-3-7-16(12-17)23-20(25)18-9-4-10-28-18/h2-13H,1H3,(H,22,24)(H,23,25)(H,26,27). The molecule has 3 N–H and O–H groups in total. The molecule has 0 spiro atoms. The van der Waals surface area contributed by atoms with Crippen molar-refractivity contribution < 1.29 is 23.9 Å². The van der Waals surface area contributed by atoms with Gasteiger partial charge in [0.05, 0.1) is 17.1 Å². The second-order valence-corrected chi connectivity index (χ2v) is 7.51. The van der Waals surface area contributed by atoms with E-state index in [1.165, 1.54) is 30.2 Å². The molecule has 148 valence electrons. The summed E-state index contributed by atoms with van der Waals surface area (Å²) < 4.78 is 5.07. The van der Waals surface area contributed by atoms with Crippen LogP contribution < -0.4 is 10.6 Å². The number of carboxylic acid groups (broad SMARTS) is 1. The van der Waals surface area contributed by atoms with Gasteiger partial charge >= 0.3 is 5.97 Å². The highest BCUT2D eigenvalue weighted by Crippen LogP contribution is 2.27. The van der Waals surface area contributed by atoms with Crippen LogP contribution in [0.1, 0.15) is 27.8 Å². The van der Waals surface area contributed by atoms with Crippen LogP contribution in [0.4, 0.5) is 11.4 Å². The molecule has 1 aromatic heterocycles. The molecular formula is C21H18N2O5S. The number of hydrogen-bond acceptors (Lipinski definition) is 5. The normalized spacial score (nSPS) is 11.5. The number of thioether (sulfide) groups is 1. The van der Waals surface area contributed by atoms with Gasteiger partial charge in [0.1, 0.15) is 0 Å². The first-order valence-corrected chi connectivity index (χ1v) is 9.56. The third-order valence-electron chi connectivity index (χ3n) is 3.90. The molecule has 2 aromatic carbocycles. The van der Waals surface area contributed by atoms with Crippen molar-refractivity contribution in [1.29, 1.82) is 0 Å². The summed E-state index contributed by atoms with van der Waals surface area (Å²) in [4.78, 5) is 36.4. The van der Waals surface area contributed by atoms with Gasteiger partial charge in [0.25, 0.3) is 5.91 Å². The molecule has 8 heteroatoms. The predicted octanol–water partition coefficient (Wildman–Crippen LogP) is 4.35. The van der Waals surface area contributed by atoms with E-state index in [0.29, 0.717) is 11.4 Å². The minimum absolute atomic E-state index is 0.100. The van der Waals surface area contributed by atoms with Crippen molar-refractivity contribution >= 4 is 40.9 Å². The number of furan rings is 1. The van der Waals surface area contributed by atoms with E-state index in [4.69, 9.17) is 9.52 Å². The summed E-state index contributed by atoms with van der Waals surface area (Å²) in [6.45, 7) is 1.75. The lowest BCUT2D eigenvalue weighted by Gasteiger charge is -2.13. The number of anilines is 2. The van der Waals surface area contributed by atoms with Crippen LogP contribution in [0.3, 0.4) is 0 Å². The third kappa shape index (κ3) is 5.49. The van der Waals surface area contributed by atoms with Gasteiger partial charge in [-0.15, -0.1) is 11.8 Å². The molecule has 0 aliphatic carbocycles. The minimum Gasteiger partial charge on any atom is -0.478 e. The van der Waals surface area contributed by atoms with Gasteiger partial charge in [-0.1, -0.05) is 12.1 Å². The van der Waals surface area contributed by atoms with Gasteiger partial charge in [-0.3, -0.25) is 9.59 Å². The quantitative estimate of drug-likeness (QED) is 0.500. The largest absolute Gasteiger partial charge is 0.478 e. The summed E-state index contributed by atoms with van der Waals surface area (Å²) in [6.07, 6.45) is 1.42. The number of hydrogen-bond donors (Lipinski definition) is 3. The molecule has 0 aliphatic rings. The van der Waals surface area contributed by atoms with Crippen molar-refractivity contribution in [2.24, 2.45) is 0 Å². The van der Waals surface area contributed by atoms with Crippen molar-refractivity contribution in [2.75, 3.05) is 10.6 Å². The van der Waals surface area contributed by atoms with Gasteiger partial charge in [-0.25, -0.2) is 4.79 Å². The second-order valence-electron chi connectivity index (χ2n) is 6.09. The lowest BCUT2D eigenvalue weighted by Crippen LogP contribution is -2.22. The van der Waals surface area contributed by atoms with Crippen LogP contribution in [-0.2, 0) is 4.79 Å². The molecule has 7 nitrogen and oxygen atoms in total. The fourth-order valence-corrected chi connectivity index (χ4v) is 3.41. The van der Waals surface area contributed by atoms with E-state index in [1.54, 1.807) is 49.4 Å². The molecular weight excluding hydrogens is 392 g/mol. The number of carbonyl (C=O) groups is 3. The zero-order chi connectivity index (χ0) is 20.8. The van der Waals surface area contributed by atoms with Crippen molar-refractivity contribution in [2.45, 2.75) is 17.1 Å². The summed E-state index contributed by atoms with van der Waals surface area (Å²) in [6, 6.07) is 16.4. The Balaban J connectivity index is 1.62. The Morgan fingerprint density at radius 2 is 1.69 bits per heavy atom. The van der Waals surface area contributed by atoms with E-state index >= 15 is 0 Å². The first kappa shape index (κ1) is 20.2. The number of aromatic carboxylic acids is 1. The summed E-state index contributed by atoms with van der Waals surface area (Å²) in [5, 5.41) is 14.1. The number of carboxylic acids is 1. The summed E-state index contributed by atoms with van der Waals surface area (Å²) in [5.74, 6) is -1.47. The molecule has 0 radical (unpaired) electrons. The lowest BCUT2D eigenvalue weighted by molar-refractivity contribution is -0.115. The molecule has 2 amide bonds. The highest BCUT2D eigenvalue weighted by Gasteiger charge is 2.16. The maximum absolute atomic E-state index is 12.5. The van der Waals surface area contributed by atoms with E-state index in [1.807, 2.05) is 6.07 Å². The van der Waals surface area contributed by atoms with Gasteiger partial charge < -0.3 is 20.2 Å². The Bertz CT molecular complexity index is 1030. The zero-order valence-electron chi connectivity index (χ0n) is 15.4. The minimum atomic E-state index is -1.06. The van der Waals surface area contributed by atoms with Gasteiger partial charge in [0.15, 0.2) is 5.76 Å². The molecule has 0 saturated heterocycles. The van der Waals surface area contributed by atoms with Crippen LogP contribution in [-0.4, -0.2) is 28.1 Å². The van der Waals surface area contributed by atoms with Crippen LogP contribution >= 0.6 is 11.8 Å². The maximum atomic E-state index is 12.5.